The molecule has 8 heteroatoms. The fourth-order valence-electron chi connectivity index (χ4n) is 3.23. The zero-order valence-corrected chi connectivity index (χ0v) is 16.9. The van der Waals surface area contributed by atoms with Gasteiger partial charge in [0, 0.05) is 23.0 Å². The van der Waals surface area contributed by atoms with Crippen LogP contribution in [-0.4, -0.2) is 32.2 Å². The average Bonchev–Trinajstić information content (AvgIpc) is 3.04. The quantitative estimate of drug-likeness (QED) is 0.553. The van der Waals surface area contributed by atoms with Crippen LogP contribution in [0.15, 0.2) is 59.4 Å². The molecule has 0 bridgehead atoms. The van der Waals surface area contributed by atoms with Crippen LogP contribution in [0.5, 0.6) is 5.75 Å². The van der Waals surface area contributed by atoms with Crippen LogP contribution in [0.2, 0.25) is 0 Å². The molecule has 0 saturated heterocycles. The minimum Gasteiger partial charge on any atom is -0.497 e. The number of aromatic nitrogens is 4. The Kier molecular flexibility index (Phi) is 5.05. The Morgan fingerprint density at radius 2 is 1.83 bits per heavy atom. The lowest BCUT2D eigenvalue weighted by Crippen LogP contribution is -2.29. The van der Waals surface area contributed by atoms with Crippen molar-refractivity contribution in [1.82, 2.24) is 19.2 Å². The van der Waals surface area contributed by atoms with E-state index in [1.54, 1.807) is 25.3 Å². The van der Waals surface area contributed by atoms with Gasteiger partial charge >= 0.3 is 5.69 Å². The van der Waals surface area contributed by atoms with Gasteiger partial charge in [0.25, 0.3) is 0 Å². The van der Waals surface area contributed by atoms with E-state index in [2.05, 4.69) is 15.4 Å². The van der Waals surface area contributed by atoms with Crippen LogP contribution in [-0.2, 0) is 11.3 Å². The number of benzene rings is 2. The van der Waals surface area contributed by atoms with E-state index < -0.39 is 5.69 Å². The second kappa shape index (κ2) is 7.82. The van der Waals surface area contributed by atoms with Gasteiger partial charge in [-0.3, -0.25) is 4.79 Å². The zero-order valence-electron chi connectivity index (χ0n) is 16.9. The number of carbonyl (C=O) groups excluding carboxylic acids is 1. The molecule has 30 heavy (non-hydrogen) atoms. The van der Waals surface area contributed by atoms with Crippen LogP contribution in [0.1, 0.15) is 11.3 Å². The summed E-state index contributed by atoms with van der Waals surface area (Å²) < 4.78 is 7.76. The van der Waals surface area contributed by atoms with Gasteiger partial charge in [0.15, 0.2) is 5.65 Å². The van der Waals surface area contributed by atoms with Gasteiger partial charge in [0.2, 0.25) is 5.91 Å². The molecule has 0 spiro atoms. The number of para-hydroxylation sites is 1. The third-order valence-electron chi connectivity index (χ3n) is 4.76. The number of nitrogens with zero attached hydrogens (tertiary/aromatic N) is 4. The van der Waals surface area contributed by atoms with Crippen molar-refractivity contribution in [1.29, 1.82) is 0 Å². The third-order valence-corrected chi connectivity index (χ3v) is 4.76. The average molecular weight is 403 g/mol. The molecule has 0 aliphatic carbocycles. The zero-order chi connectivity index (χ0) is 21.3. The third kappa shape index (κ3) is 3.67. The minimum absolute atomic E-state index is 0.198. The van der Waals surface area contributed by atoms with Gasteiger partial charge in [-0.1, -0.05) is 18.2 Å². The molecule has 0 fully saturated rings. The van der Waals surface area contributed by atoms with Crippen molar-refractivity contribution in [3.63, 3.8) is 0 Å². The summed E-state index contributed by atoms with van der Waals surface area (Å²) in [5.41, 5.74) is 3.11. The second-order valence-corrected chi connectivity index (χ2v) is 6.95. The molecule has 1 N–H and O–H groups in total. The van der Waals surface area contributed by atoms with Gasteiger partial charge in [0.1, 0.15) is 18.1 Å². The van der Waals surface area contributed by atoms with E-state index in [9.17, 15) is 9.59 Å². The molecule has 2 aromatic heterocycles. The van der Waals surface area contributed by atoms with Crippen LogP contribution in [0.25, 0.3) is 17.0 Å². The van der Waals surface area contributed by atoms with Crippen molar-refractivity contribution < 1.29 is 9.53 Å². The molecule has 0 unspecified atom stereocenters. The number of carbonyl (C=O) groups is 1. The summed E-state index contributed by atoms with van der Waals surface area (Å²) in [7, 11) is 1.59. The highest BCUT2D eigenvalue weighted by Crippen LogP contribution is 2.21. The number of hydrogen-bond donors (Lipinski definition) is 1. The number of methoxy groups -OCH3 is 1. The molecular formula is C22H21N5O3. The van der Waals surface area contributed by atoms with E-state index in [1.807, 2.05) is 50.2 Å². The number of fused-ring (bicyclic) bond motifs is 1. The lowest BCUT2D eigenvalue weighted by Gasteiger charge is -2.07. The van der Waals surface area contributed by atoms with E-state index in [0.717, 1.165) is 21.5 Å². The fourth-order valence-corrected chi connectivity index (χ4v) is 3.23. The molecule has 0 radical (unpaired) electrons. The standard InChI is InChI=1S/C22H21N5O3/c1-14-6-4-5-7-18(14)24-20(28)13-26-22(29)27-19(25-26)12-15(2)23-21(27)16-8-10-17(30-3)11-9-16/h4-12H,13H2,1-3H3,(H,24,28). The predicted octanol–water partition coefficient (Wildman–Crippen LogP) is 2.82. The normalized spacial score (nSPS) is 10.9. The molecule has 0 saturated carbocycles. The van der Waals surface area contributed by atoms with Gasteiger partial charge in [-0.15, -0.1) is 5.10 Å². The molecule has 8 nitrogen and oxygen atoms in total. The summed E-state index contributed by atoms with van der Waals surface area (Å²) in [4.78, 5) is 30.1. The van der Waals surface area contributed by atoms with E-state index in [1.165, 1.54) is 4.40 Å². The fraction of sp³-hybridized carbons (Fsp3) is 0.182. The highest BCUT2D eigenvalue weighted by molar-refractivity contribution is 5.91. The first-order valence-electron chi connectivity index (χ1n) is 9.43. The lowest BCUT2D eigenvalue weighted by molar-refractivity contribution is -0.117. The first-order chi connectivity index (χ1) is 14.5. The van der Waals surface area contributed by atoms with Crippen LogP contribution >= 0.6 is 0 Å². The summed E-state index contributed by atoms with van der Waals surface area (Å²) >= 11 is 0. The molecule has 0 aliphatic rings. The minimum atomic E-state index is -0.428. The van der Waals surface area contributed by atoms with Crippen molar-refractivity contribution >= 4 is 17.2 Å². The van der Waals surface area contributed by atoms with Crippen molar-refractivity contribution in [2.24, 2.45) is 0 Å². The molecule has 2 heterocycles. The van der Waals surface area contributed by atoms with E-state index >= 15 is 0 Å². The van der Waals surface area contributed by atoms with Crippen LogP contribution in [0, 0.1) is 13.8 Å². The molecule has 1 amide bonds. The van der Waals surface area contributed by atoms with Gasteiger partial charge in [-0.25, -0.2) is 18.9 Å². The van der Waals surface area contributed by atoms with Crippen molar-refractivity contribution in [3.05, 3.63) is 76.3 Å². The van der Waals surface area contributed by atoms with Gasteiger partial charge < -0.3 is 10.1 Å². The first kappa shape index (κ1) is 19.4. The molecule has 152 valence electrons. The highest BCUT2D eigenvalue weighted by atomic mass is 16.5. The van der Waals surface area contributed by atoms with Crippen LogP contribution in [0.3, 0.4) is 0 Å². The van der Waals surface area contributed by atoms with Gasteiger partial charge in [0.05, 0.1) is 7.11 Å². The highest BCUT2D eigenvalue weighted by Gasteiger charge is 2.16. The summed E-state index contributed by atoms with van der Waals surface area (Å²) in [6.07, 6.45) is 0. The molecule has 2 aromatic carbocycles. The SMILES string of the molecule is COc1ccc(-c2nc(C)cc3nn(CC(=O)Nc4ccccc4C)c(=O)n23)cc1. The number of rotatable bonds is 5. The predicted molar refractivity (Wildman–Crippen MR) is 114 cm³/mol. The Labute approximate surface area is 172 Å². The Morgan fingerprint density at radius 1 is 1.10 bits per heavy atom. The number of ether oxygens (including phenoxy) is 1. The lowest BCUT2D eigenvalue weighted by atomic mass is 10.2. The molecule has 0 aliphatic heterocycles. The van der Waals surface area contributed by atoms with E-state index in [4.69, 9.17) is 4.74 Å². The van der Waals surface area contributed by atoms with E-state index in [-0.39, 0.29) is 12.5 Å². The molecule has 4 aromatic rings. The Hall–Kier alpha value is -3.94. The monoisotopic (exact) mass is 403 g/mol. The first-order valence-corrected chi connectivity index (χ1v) is 9.43. The van der Waals surface area contributed by atoms with Crippen LogP contribution in [0.4, 0.5) is 5.69 Å². The van der Waals surface area contributed by atoms with Gasteiger partial charge in [-0.05, 0) is 49.7 Å². The maximum Gasteiger partial charge on any atom is 0.352 e. The summed E-state index contributed by atoms with van der Waals surface area (Å²) in [6.45, 7) is 3.54. The van der Waals surface area contributed by atoms with Crippen molar-refractivity contribution in [2.45, 2.75) is 20.4 Å². The molecule has 0 atom stereocenters. The van der Waals surface area contributed by atoms with Crippen molar-refractivity contribution in [3.8, 4) is 17.1 Å². The maximum absolute atomic E-state index is 13.0. The summed E-state index contributed by atoms with van der Waals surface area (Å²) in [5, 5.41) is 7.16. The molecule has 4 rings (SSSR count). The van der Waals surface area contributed by atoms with Crippen molar-refractivity contribution in [2.75, 3.05) is 12.4 Å². The largest absolute Gasteiger partial charge is 0.497 e. The summed E-state index contributed by atoms with van der Waals surface area (Å²) in [6, 6.07) is 16.4. The summed E-state index contributed by atoms with van der Waals surface area (Å²) in [5.74, 6) is 0.840. The Morgan fingerprint density at radius 3 is 2.53 bits per heavy atom. The Balaban J connectivity index is 1.70. The number of nitrogens with one attached hydrogen (secondary N) is 1. The van der Waals surface area contributed by atoms with Crippen LogP contribution < -0.4 is 15.7 Å². The topological polar surface area (TPSA) is 90.5 Å². The number of amides is 1. The second-order valence-electron chi connectivity index (χ2n) is 6.95. The van der Waals surface area contributed by atoms with E-state index in [0.29, 0.717) is 22.9 Å². The molecular weight excluding hydrogens is 382 g/mol. The number of aryl methyl sites for hydroxylation is 2. The maximum atomic E-state index is 13.0. The Bertz CT molecular complexity index is 1290. The smallest absolute Gasteiger partial charge is 0.352 e. The number of hydrogen-bond acceptors (Lipinski definition) is 5. The van der Waals surface area contributed by atoms with Gasteiger partial charge in [-0.2, -0.15) is 0 Å². The number of anilines is 1.